The van der Waals surface area contributed by atoms with E-state index >= 15 is 0 Å². The Bertz CT molecular complexity index is 600. The van der Waals surface area contributed by atoms with Crippen molar-refractivity contribution in [2.45, 2.75) is 6.18 Å². The zero-order valence-electron chi connectivity index (χ0n) is 9.54. The van der Waals surface area contributed by atoms with E-state index < -0.39 is 17.6 Å². The summed E-state index contributed by atoms with van der Waals surface area (Å²) in [6, 6.07) is 7.95. The van der Waals surface area contributed by atoms with E-state index in [0.717, 1.165) is 24.3 Å². The average Bonchev–Trinajstić information content (AvgIpc) is 2.37. The SMILES string of the molecule is O=Cc1cc(F)cc(-c2ccc(C(F)(F)F)cc2)c1. The van der Waals surface area contributed by atoms with Crippen molar-refractivity contribution in [2.24, 2.45) is 0 Å². The van der Waals surface area contributed by atoms with Crippen molar-refractivity contribution < 1.29 is 22.4 Å². The summed E-state index contributed by atoms with van der Waals surface area (Å²) >= 11 is 0. The van der Waals surface area contributed by atoms with Crippen molar-refractivity contribution in [3.63, 3.8) is 0 Å². The fourth-order valence-electron chi connectivity index (χ4n) is 1.70. The molecule has 0 aliphatic heterocycles. The summed E-state index contributed by atoms with van der Waals surface area (Å²) in [4.78, 5) is 10.6. The molecule has 0 aliphatic rings. The number of aldehydes is 1. The summed E-state index contributed by atoms with van der Waals surface area (Å²) in [7, 11) is 0. The van der Waals surface area contributed by atoms with Crippen LogP contribution in [-0.4, -0.2) is 6.29 Å². The minimum Gasteiger partial charge on any atom is -0.298 e. The number of rotatable bonds is 2. The number of benzene rings is 2. The van der Waals surface area contributed by atoms with Crippen LogP contribution in [-0.2, 0) is 6.18 Å². The average molecular weight is 268 g/mol. The van der Waals surface area contributed by atoms with Gasteiger partial charge in [-0.15, -0.1) is 0 Å². The van der Waals surface area contributed by atoms with Gasteiger partial charge in [0, 0.05) is 5.56 Å². The third-order valence-corrected chi connectivity index (χ3v) is 2.60. The van der Waals surface area contributed by atoms with Crippen LogP contribution < -0.4 is 0 Å². The molecule has 1 nitrogen and oxygen atoms in total. The van der Waals surface area contributed by atoms with Crippen LogP contribution in [0.5, 0.6) is 0 Å². The molecule has 19 heavy (non-hydrogen) atoms. The summed E-state index contributed by atoms with van der Waals surface area (Å²) in [6.45, 7) is 0. The van der Waals surface area contributed by atoms with Crippen molar-refractivity contribution in [1.29, 1.82) is 0 Å². The Kier molecular flexibility index (Phi) is 3.38. The maximum atomic E-state index is 13.2. The van der Waals surface area contributed by atoms with Crippen LogP contribution >= 0.6 is 0 Å². The number of alkyl halides is 3. The molecule has 0 N–H and O–H groups in total. The first kappa shape index (κ1) is 13.3. The summed E-state index contributed by atoms with van der Waals surface area (Å²) in [5, 5.41) is 0. The number of halogens is 4. The molecule has 0 unspecified atom stereocenters. The van der Waals surface area contributed by atoms with Gasteiger partial charge in [0.2, 0.25) is 0 Å². The zero-order valence-corrected chi connectivity index (χ0v) is 9.54. The predicted molar refractivity (Wildman–Crippen MR) is 62.2 cm³/mol. The predicted octanol–water partition coefficient (Wildman–Crippen LogP) is 4.32. The van der Waals surface area contributed by atoms with E-state index in [4.69, 9.17) is 0 Å². The van der Waals surface area contributed by atoms with Gasteiger partial charge in [-0.1, -0.05) is 12.1 Å². The van der Waals surface area contributed by atoms with Crippen molar-refractivity contribution in [1.82, 2.24) is 0 Å². The van der Waals surface area contributed by atoms with E-state index in [-0.39, 0.29) is 5.56 Å². The van der Waals surface area contributed by atoms with Gasteiger partial charge in [0.15, 0.2) is 0 Å². The quantitative estimate of drug-likeness (QED) is 0.585. The minimum atomic E-state index is -4.41. The highest BCUT2D eigenvalue weighted by Gasteiger charge is 2.29. The van der Waals surface area contributed by atoms with E-state index in [2.05, 4.69) is 0 Å². The molecule has 5 heteroatoms. The lowest BCUT2D eigenvalue weighted by Crippen LogP contribution is -2.04. The third kappa shape index (κ3) is 2.99. The molecule has 0 bridgehead atoms. The van der Waals surface area contributed by atoms with E-state index in [0.29, 0.717) is 17.4 Å². The van der Waals surface area contributed by atoms with Crippen molar-refractivity contribution >= 4 is 6.29 Å². The van der Waals surface area contributed by atoms with Gasteiger partial charge in [-0.2, -0.15) is 13.2 Å². The number of carbonyl (C=O) groups is 1. The van der Waals surface area contributed by atoms with Gasteiger partial charge >= 0.3 is 6.18 Å². The topological polar surface area (TPSA) is 17.1 Å². The maximum Gasteiger partial charge on any atom is 0.416 e. The van der Waals surface area contributed by atoms with Gasteiger partial charge in [0.25, 0.3) is 0 Å². The van der Waals surface area contributed by atoms with Gasteiger partial charge in [-0.05, 0) is 41.5 Å². The standard InChI is InChI=1S/C14H8F4O/c15-13-6-9(8-19)5-11(7-13)10-1-3-12(4-2-10)14(16,17)18/h1-8H. The molecule has 0 saturated heterocycles. The number of hydrogen-bond donors (Lipinski definition) is 0. The van der Waals surface area contributed by atoms with Crippen LogP contribution in [0.25, 0.3) is 11.1 Å². The monoisotopic (exact) mass is 268 g/mol. The maximum absolute atomic E-state index is 13.2. The second-order valence-electron chi connectivity index (χ2n) is 3.97. The second kappa shape index (κ2) is 4.84. The Morgan fingerprint density at radius 2 is 1.53 bits per heavy atom. The Morgan fingerprint density at radius 1 is 0.895 bits per heavy atom. The summed E-state index contributed by atoms with van der Waals surface area (Å²) in [5.74, 6) is -0.612. The second-order valence-corrected chi connectivity index (χ2v) is 3.97. The van der Waals surface area contributed by atoms with Crippen molar-refractivity contribution in [2.75, 3.05) is 0 Å². The molecule has 0 radical (unpaired) electrons. The first-order chi connectivity index (χ1) is 8.90. The highest BCUT2D eigenvalue weighted by Crippen LogP contribution is 2.31. The Hall–Kier alpha value is -2.17. The van der Waals surface area contributed by atoms with Gasteiger partial charge in [-0.3, -0.25) is 4.79 Å². The molecule has 0 fully saturated rings. The van der Waals surface area contributed by atoms with Gasteiger partial charge in [0.05, 0.1) is 5.56 Å². The molecule has 2 rings (SSSR count). The highest BCUT2D eigenvalue weighted by atomic mass is 19.4. The summed E-state index contributed by atoms with van der Waals surface area (Å²) in [6.07, 6.45) is -3.93. The summed E-state index contributed by atoms with van der Waals surface area (Å²) in [5.41, 5.74) is 0.129. The fraction of sp³-hybridized carbons (Fsp3) is 0.0714. The lowest BCUT2D eigenvalue weighted by Gasteiger charge is -2.08. The highest BCUT2D eigenvalue weighted by molar-refractivity contribution is 5.79. The van der Waals surface area contributed by atoms with Crippen molar-refractivity contribution in [3.8, 4) is 11.1 Å². The van der Waals surface area contributed by atoms with E-state index in [1.165, 1.54) is 18.2 Å². The Morgan fingerprint density at radius 3 is 2.05 bits per heavy atom. The lowest BCUT2D eigenvalue weighted by molar-refractivity contribution is -0.137. The van der Waals surface area contributed by atoms with Crippen molar-refractivity contribution in [3.05, 3.63) is 59.4 Å². The van der Waals surface area contributed by atoms with Crippen LogP contribution in [0.3, 0.4) is 0 Å². The van der Waals surface area contributed by atoms with E-state index in [9.17, 15) is 22.4 Å². The van der Waals surface area contributed by atoms with Gasteiger partial charge < -0.3 is 0 Å². The van der Waals surface area contributed by atoms with E-state index in [1.54, 1.807) is 0 Å². The largest absolute Gasteiger partial charge is 0.416 e. The third-order valence-electron chi connectivity index (χ3n) is 2.60. The van der Waals surface area contributed by atoms with Crippen LogP contribution in [0.1, 0.15) is 15.9 Å². The molecule has 0 heterocycles. The lowest BCUT2D eigenvalue weighted by atomic mass is 10.0. The Balaban J connectivity index is 2.42. The van der Waals surface area contributed by atoms with Crippen LogP contribution in [0, 0.1) is 5.82 Å². The normalized spacial score (nSPS) is 11.4. The minimum absolute atomic E-state index is 0.134. The first-order valence-corrected chi connectivity index (χ1v) is 5.33. The van der Waals surface area contributed by atoms with Crippen LogP contribution in [0.15, 0.2) is 42.5 Å². The molecule has 2 aromatic carbocycles. The Labute approximate surface area is 106 Å². The molecule has 0 aliphatic carbocycles. The van der Waals surface area contributed by atoms with Crippen LogP contribution in [0.4, 0.5) is 17.6 Å². The molecular formula is C14H8F4O. The van der Waals surface area contributed by atoms with Gasteiger partial charge in [0.1, 0.15) is 12.1 Å². The van der Waals surface area contributed by atoms with Gasteiger partial charge in [-0.25, -0.2) is 4.39 Å². The molecule has 0 aromatic heterocycles. The molecular weight excluding hydrogens is 260 g/mol. The molecule has 0 spiro atoms. The van der Waals surface area contributed by atoms with E-state index in [1.807, 2.05) is 0 Å². The fourth-order valence-corrected chi connectivity index (χ4v) is 1.70. The zero-order chi connectivity index (χ0) is 14.0. The number of hydrogen-bond acceptors (Lipinski definition) is 1. The molecule has 2 aromatic rings. The van der Waals surface area contributed by atoms with Crippen LogP contribution in [0.2, 0.25) is 0 Å². The first-order valence-electron chi connectivity index (χ1n) is 5.33. The molecule has 0 amide bonds. The molecule has 98 valence electrons. The summed E-state index contributed by atoms with van der Waals surface area (Å²) < 4.78 is 50.4. The number of carbonyl (C=O) groups excluding carboxylic acids is 1. The molecule has 0 atom stereocenters. The smallest absolute Gasteiger partial charge is 0.298 e. The molecule has 0 saturated carbocycles.